The smallest absolute Gasteiger partial charge is 0.293 e. The summed E-state index contributed by atoms with van der Waals surface area (Å²) in [7, 11) is 0. The number of carbonyl (C=O) groups is 1. The minimum Gasteiger partial charge on any atom is -0.467 e. The lowest BCUT2D eigenvalue weighted by Crippen LogP contribution is -2.00. The van der Waals surface area contributed by atoms with E-state index in [1.54, 1.807) is 6.33 Å². The summed E-state index contributed by atoms with van der Waals surface area (Å²) in [6.45, 7) is 0.736. The molecule has 0 atom stereocenters. The van der Waals surface area contributed by atoms with Crippen LogP contribution in [0.2, 0.25) is 0 Å². The number of fused-ring (bicyclic) bond motifs is 1. The number of imidazole rings is 1. The van der Waals surface area contributed by atoms with Crippen molar-refractivity contribution in [1.82, 2.24) is 19.9 Å². The van der Waals surface area contributed by atoms with Crippen molar-refractivity contribution in [2.75, 3.05) is 6.61 Å². The topological polar surface area (TPSA) is 80.8 Å². The van der Waals surface area contributed by atoms with Gasteiger partial charge in [0.25, 0.3) is 6.47 Å². The van der Waals surface area contributed by atoms with E-state index in [4.69, 9.17) is 0 Å². The zero-order valence-electron chi connectivity index (χ0n) is 7.30. The molecular weight excluding hydrogens is 184 g/mol. The fourth-order valence-electron chi connectivity index (χ4n) is 1.21. The van der Waals surface area contributed by atoms with Crippen LogP contribution in [0.4, 0.5) is 0 Å². The molecule has 0 aromatic carbocycles. The molecule has 0 aliphatic heterocycles. The lowest BCUT2D eigenvalue weighted by molar-refractivity contribution is -0.128. The summed E-state index contributed by atoms with van der Waals surface area (Å²) in [5, 5.41) is 0. The maximum Gasteiger partial charge on any atom is 0.293 e. The van der Waals surface area contributed by atoms with Crippen LogP contribution in [0, 0.1) is 0 Å². The fourth-order valence-corrected chi connectivity index (χ4v) is 1.21. The van der Waals surface area contributed by atoms with E-state index in [-0.39, 0.29) is 0 Å². The first kappa shape index (κ1) is 8.61. The van der Waals surface area contributed by atoms with E-state index in [0.29, 0.717) is 25.1 Å². The Balaban J connectivity index is 2.23. The first-order valence-electron chi connectivity index (χ1n) is 4.10. The molecule has 2 heterocycles. The van der Waals surface area contributed by atoms with E-state index in [2.05, 4.69) is 24.7 Å². The monoisotopic (exact) mass is 192 g/mol. The molecule has 0 amide bonds. The van der Waals surface area contributed by atoms with Gasteiger partial charge in [0.05, 0.1) is 18.6 Å². The Morgan fingerprint density at radius 2 is 2.36 bits per heavy atom. The largest absolute Gasteiger partial charge is 0.467 e. The predicted molar refractivity (Wildman–Crippen MR) is 47.4 cm³/mol. The van der Waals surface area contributed by atoms with Gasteiger partial charge in [-0.15, -0.1) is 0 Å². The quantitative estimate of drug-likeness (QED) is 0.547. The van der Waals surface area contributed by atoms with Crippen LogP contribution in [0.3, 0.4) is 0 Å². The molecular formula is C8H8N4O2. The number of carbonyl (C=O) groups excluding carboxylic acids is 1. The van der Waals surface area contributed by atoms with E-state index in [1.165, 1.54) is 6.33 Å². The van der Waals surface area contributed by atoms with Crippen molar-refractivity contribution in [2.45, 2.75) is 6.42 Å². The standard InChI is InChI=1S/C8H8N4O2/c13-5-14-2-1-6-7-8(11-3-9-6)12-4-10-7/h3-5H,1-2H2,(H,9,10,11,12). The Hall–Kier alpha value is -1.98. The minimum atomic E-state index is 0.314. The number of ether oxygens (including phenoxy) is 1. The number of nitrogens with one attached hydrogen (secondary N) is 1. The van der Waals surface area contributed by atoms with Crippen LogP contribution in [-0.2, 0) is 16.0 Å². The second kappa shape index (κ2) is 3.82. The Kier molecular flexibility index (Phi) is 2.35. The summed E-state index contributed by atoms with van der Waals surface area (Å²) in [5.74, 6) is 0. The second-order valence-electron chi connectivity index (χ2n) is 2.64. The van der Waals surface area contributed by atoms with Crippen molar-refractivity contribution in [3.8, 4) is 0 Å². The zero-order chi connectivity index (χ0) is 9.80. The first-order valence-corrected chi connectivity index (χ1v) is 4.10. The molecule has 1 N–H and O–H groups in total. The summed E-state index contributed by atoms with van der Waals surface area (Å²) in [6, 6.07) is 0. The van der Waals surface area contributed by atoms with Gasteiger partial charge in [-0.25, -0.2) is 15.0 Å². The molecule has 0 saturated carbocycles. The molecule has 2 aromatic rings. The highest BCUT2D eigenvalue weighted by Gasteiger charge is 2.04. The van der Waals surface area contributed by atoms with Crippen molar-refractivity contribution in [2.24, 2.45) is 0 Å². The normalized spacial score (nSPS) is 10.3. The molecule has 0 radical (unpaired) electrons. The van der Waals surface area contributed by atoms with Crippen molar-refractivity contribution < 1.29 is 9.53 Å². The summed E-state index contributed by atoms with van der Waals surface area (Å²) in [5.41, 5.74) is 2.22. The van der Waals surface area contributed by atoms with Crippen LogP contribution >= 0.6 is 0 Å². The number of hydrogen-bond acceptors (Lipinski definition) is 5. The van der Waals surface area contributed by atoms with Crippen molar-refractivity contribution in [1.29, 1.82) is 0 Å². The van der Waals surface area contributed by atoms with Crippen LogP contribution in [0.15, 0.2) is 12.7 Å². The Morgan fingerprint density at radius 1 is 1.43 bits per heavy atom. The Bertz CT molecular complexity index is 440. The van der Waals surface area contributed by atoms with Gasteiger partial charge in [0.2, 0.25) is 0 Å². The van der Waals surface area contributed by atoms with Gasteiger partial charge in [-0.1, -0.05) is 0 Å². The molecule has 14 heavy (non-hydrogen) atoms. The van der Waals surface area contributed by atoms with Gasteiger partial charge < -0.3 is 9.72 Å². The van der Waals surface area contributed by atoms with E-state index >= 15 is 0 Å². The van der Waals surface area contributed by atoms with Gasteiger partial charge in [0.1, 0.15) is 11.8 Å². The average Bonchev–Trinajstić information content (AvgIpc) is 2.67. The van der Waals surface area contributed by atoms with Crippen molar-refractivity contribution in [3.63, 3.8) is 0 Å². The lowest BCUT2D eigenvalue weighted by atomic mass is 10.3. The van der Waals surface area contributed by atoms with E-state index in [0.717, 1.165) is 11.2 Å². The third-order valence-electron chi connectivity index (χ3n) is 1.83. The number of aromatic nitrogens is 4. The fraction of sp³-hybridized carbons (Fsp3) is 0.250. The SMILES string of the molecule is O=COCCc1ncnc2nc[nH]c12. The van der Waals surface area contributed by atoms with Crippen LogP contribution in [0.25, 0.3) is 11.2 Å². The van der Waals surface area contributed by atoms with Crippen molar-refractivity contribution >= 4 is 17.6 Å². The van der Waals surface area contributed by atoms with Gasteiger partial charge in [-0.2, -0.15) is 0 Å². The maximum atomic E-state index is 9.93. The highest BCUT2D eigenvalue weighted by atomic mass is 16.5. The predicted octanol–water partition coefficient (Wildman–Crippen LogP) is 0.0684. The number of rotatable bonds is 4. The molecule has 0 fully saturated rings. The molecule has 6 heteroatoms. The van der Waals surface area contributed by atoms with Gasteiger partial charge in [0, 0.05) is 6.42 Å². The molecule has 0 spiro atoms. The molecule has 0 saturated heterocycles. The van der Waals surface area contributed by atoms with Crippen LogP contribution in [0.5, 0.6) is 0 Å². The summed E-state index contributed by atoms with van der Waals surface area (Å²) < 4.78 is 4.59. The molecule has 0 aliphatic rings. The molecule has 2 aromatic heterocycles. The molecule has 2 rings (SSSR count). The van der Waals surface area contributed by atoms with Crippen LogP contribution in [-0.4, -0.2) is 33.0 Å². The average molecular weight is 192 g/mol. The minimum absolute atomic E-state index is 0.314. The van der Waals surface area contributed by atoms with Crippen molar-refractivity contribution in [3.05, 3.63) is 18.3 Å². The summed E-state index contributed by atoms with van der Waals surface area (Å²) in [4.78, 5) is 24.9. The third-order valence-corrected chi connectivity index (χ3v) is 1.83. The molecule has 0 unspecified atom stereocenters. The zero-order valence-corrected chi connectivity index (χ0v) is 7.30. The van der Waals surface area contributed by atoms with Gasteiger partial charge in [-0.3, -0.25) is 4.79 Å². The molecule has 0 aliphatic carbocycles. The van der Waals surface area contributed by atoms with E-state index < -0.39 is 0 Å². The molecule has 72 valence electrons. The summed E-state index contributed by atoms with van der Waals surface area (Å²) >= 11 is 0. The number of hydrogen-bond donors (Lipinski definition) is 1. The molecule has 6 nitrogen and oxygen atoms in total. The van der Waals surface area contributed by atoms with Gasteiger partial charge in [0.15, 0.2) is 5.65 Å². The molecule has 0 bridgehead atoms. The lowest BCUT2D eigenvalue weighted by Gasteiger charge is -1.99. The van der Waals surface area contributed by atoms with Crippen LogP contribution < -0.4 is 0 Å². The Labute approximate surface area is 79.4 Å². The van der Waals surface area contributed by atoms with Crippen LogP contribution in [0.1, 0.15) is 5.69 Å². The highest BCUT2D eigenvalue weighted by Crippen LogP contribution is 2.09. The second-order valence-corrected chi connectivity index (χ2v) is 2.64. The van der Waals surface area contributed by atoms with Gasteiger partial charge in [-0.05, 0) is 0 Å². The van der Waals surface area contributed by atoms with E-state index in [1.807, 2.05) is 0 Å². The number of aromatic amines is 1. The highest BCUT2D eigenvalue weighted by molar-refractivity contribution is 5.71. The summed E-state index contributed by atoms with van der Waals surface area (Å²) in [6.07, 6.45) is 3.56. The first-order chi connectivity index (χ1) is 6.92. The van der Waals surface area contributed by atoms with Gasteiger partial charge >= 0.3 is 0 Å². The third kappa shape index (κ3) is 1.54. The number of nitrogens with zero attached hydrogens (tertiary/aromatic N) is 3. The number of H-pyrrole nitrogens is 1. The maximum absolute atomic E-state index is 9.93. The Morgan fingerprint density at radius 3 is 3.21 bits per heavy atom. The van der Waals surface area contributed by atoms with E-state index in [9.17, 15) is 4.79 Å².